The molecule has 0 saturated heterocycles. The van der Waals surface area contributed by atoms with E-state index in [1.807, 2.05) is 0 Å². The summed E-state index contributed by atoms with van der Waals surface area (Å²) in [6, 6.07) is 0. The highest BCUT2D eigenvalue weighted by Gasteiger charge is 2.28. The molecule has 0 heteroatoms. The lowest BCUT2D eigenvalue weighted by Gasteiger charge is -2.36. The van der Waals surface area contributed by atoms with Crippen LogP contribution in [0.15, 0.2) is 0 Å². The van der Waals surface area contributed by atoms with Crippen molar-refractivity contribution in [1.82, 2.24) is 0 Å². The zero-order chi connectivity index (χ0) is 10.0. The minimum absolute atomic E-state index is 0.908. The Balaban J connectivity index is 2.65. The van der Waals surface area contributed by atoms with Crippen LogP contribution in [-0.4, -0.2) is 0 Å². The van der Waals surface area contributed by atoms with E-state index in [9.17, 15) is 0 Å². The third-order valence-corrected chi connectivity index (χ3v) is 4.77. The van der Waals surface area contributed by atoms with Gasteiger partial charge in [0.15, 0.2) is 0 Å². The number of rotatable bonds is 0. The first kappa shape index (κ1) is 11.1. The van der Waals surface area contributed by atoms with Crippen molar-refractivity contribution < 1.29 is 0 Å². The lowest BCUT2D eigenvalue weighted by Crippen LogP contribution is -2.28. The maximum atomic E-state index is 2.45. The highest BCUT2D eigenvalue weighted by atomic mass is 14.3. The molecule has 0 spiro atoms. The molecule has 0 aromatic heterocycles. The Labute approximate surface area is 84.1 Å². The van der Waals surface area contributed by atoms with Crippen LogP contribution in [0.5, 0.6) is 0 Å². The quantitative estimate of drug-likeness (QED) is 0.522. The first-order valence-electron chi connectivity index (χ1n) is 6.04. The largest absolute Gasteiger partial charge is 0.0622 e. The van der Waals surface area contributed by atoms with Crippen molar-refractivity contribution in [1.29, 1.82) is 0 Å². The first-order valence-corrected chi connectivity index (χ1v) is 6.04. The molecule has 1 rings (SSSR count). The minimum atomic E-state index is 0.908. The number of hydrogen-bond acceptors (Lipinski definition) is 0. The lowest BCUT2D eigenvalue weighted by atomic mass is 9.69. The second kappa shape index (κ2) is 4.48. The SMILES string of the molecule is CC1CCCC(C)C(C)C(C)C1C. The molecule has 1 aliphatic rings. The monoisotopic (exact) mass is 182 g/mol. The van der Waals surface area contributed by atoms with E-state index >= 15 is 0 Å². The molecule has 78 valence electrons. The van der Waals surface area contributed by atoms with Crippen LogP contribution >= 0.6 is 0 Å². The van der Waals surface area contributed by atoms with Gasteiger partial charge in [-0.05, 0) is 29.6 Å². The highest BCUT2D eigenvalue weighted by molar-refractivity contribution is 4.78. The van der Waals surface area contributed by atoms with E-state index in [4.69, 9.17) is 0 Å². The smallest absolute Gasteiger partial charge is 0.0386 e. The molecule has 1 aliphatic carbocycles. The molecule has 4 atom stereocenters. The Bertz CT molecular complexity index is 134. The molecular formula is C13H26. The molecule has 1 saturated carbocycles. The fraction of sp³-hybridized carbons (Fsp3) is 1.00. The van der Waals surface area contributed by atoms with Crippen LogP contribution in [0.2, 0.25) is 0 Å². The van der Waals surface area contributed by atoms with E-state index in [2.05, 4.69) is 34.6 Å². The Morgan fingerprint density at radius 3 is 1.38 bits per heavy atom. The second-order valence-electron chi connectivity index (χ2n) is 5.46. The molecule has 0 nitrogen and oxygen atoms in total. The minimum Gasteiger partial charge on any atom is -0.0622 e. The van der Waals surface area contributed by atoms with E-state index in [0.29, 0.717) is 0 Å². The van der Waals surface area contributed by atoms with Crippen LogP contribution in [0.1, 0.15) is 53.9 Å². The summed E-state index contributed by atoms with van der Waals surface area (Å²) in [4.78, 5) is 0. The molecule has 0 radical (unpaired) electrons. The van der Waals surface area contributed by atoms with Crippen LogP contribution in [0.25, 0.3) is 0 Å². The molecule has 0 heterocycles. The van der Waals surface area contributed by atoms with E-state index in [0.717, 1.165) is 29.6 Å². The van der Waals surface area contributed by atoms with Gasteiger partial charge >= 0.3 is 0 Å². The fourth-order valence-electron chi connectivity index (χ4n) is 2.80. The zero-order valence-corrected chi connectivity index (χ0v) is 10.0. The molecule has 0 N–H and O–H groups in total. The summed E-state index contributed by atoms with van der Waals surface area (Å²) in [5, 5.41) is 0. The Morgan fingerprint density at radius 2 is 1.00 bits per heavy atom. The molecule has 1 fully saturated rings. The summed E-state index contributed by atoms with van der Waals surface area (Å²) in [5.74, 6) is 4.61. The summed E-state index contributed by atoms with van der Waals surface area (Å²) in [6.45, 7) is 12.2. The van der Waals surface area contributed by atoms with Crippen LogP contribution in [0, 0.1) is 29.6 Å². The summed E-state index contributed by atoms with van der Waals surface area (Å²) in [5.41, 5.74) is 0. The zero-order valence-electron chi connectivity index (χ0n) is 10.0. The van der Waals surface area contributed by atoms with Gasteiger partial charge in [0.2, 0.25) is 0 Å². The number of hydrogen-bond donors (Lipinski definition) is 0. The molecule has 0 bridgehead atoms. The first-order chi connectivity index (χ1) is 6.04. The standard InChI is InChI=1S/C13H26/c1-9-7-6-8-10(2)12(4)13(5)11(9)3/h9-13H,6-8H2,1-5H3. The van der Waals surface area contributed by atoms with Crippen LogP contribution in [0.3, 0.4) is 0 Å². The van der Waals surface area contributed by atoms with Gasteiger partial charge < -0.3 is 0 Å². The van der Waals surface area contributed by atoms with E-state index in [1.165, 1.54) is 19.3 Å². The van der Waals surface area contributed by atoms with Crippen molar-refractivity contribution in [3.8, 4) is 0 Å². The summed E-state index contributed by atoms with van der Waals surface area (Å²) in [6.07, 6.45) is 4.34. The predicted octanol–water partition coefficient (Wildman–Crippen LogP) is 4.35. The topological polar surface area (TPSA) is 0 Å². The highest BCUT2D eigenvalue weighted by Crippen LogP contribution is 2.37. The maximum absolute atomic E-state index is 2.45. The van der Waals surface area contributed by atoms with Gasteiger partial charge in [-0.3, -0.25) is 0 Å². The van der Waals surface area contributed by atoms with Gasteiger partial charge in [-0.15, -0.1) is 0 Å². The van der Waals surface area contributed by atoms with Gasteiger partial charge in [-0.1, -0.05) is 53.9 Å². The summed E-state index contributed by atoms with van der Waals surface area (Å²) < 4.78 is 0. The molecule has 0 aromatic rings. The lowest BCUT2D eigenvalue weighted by molar-refractivity contribution is 0.133. The molecule has 0 amide bonds. The van der Waals surface area contributed by atoms with E-state index < -0.39 is 0 Å². The Hall–Kier alpha value is 0. The Kier molecular flexibility index (Phi) is 3.82. The van der Waals surface area contributed by atoms with Crippen molar-refractivity contribution in [3.05, 3.63) is 0 Å². The van der Waals surface area contributed by atoms with Crippen molar-refractivity contribution in [2.24, 2.45) is 29.6 Å². The van der Waals surface area contributed by atoms with E-state index in [-0.39, 0.29) is 0 Å². The van der Waals surface area contributed by atoms with Crippen LogP contribution < -0.4 is 0 Å². The predicted molar refractivity (Wildman–Crippen MR) is 59.7 cm³/mol. The second-order valence-corrected chi connectivity index (χ2v) is 5.46. The summed E-state index contributed by atoms with van der Waals surface area (Å²) in [7, 11) is 0. The fourth-order valence-corrected chi connectivity index (χ4v) is 2.80. The van der Waals surface area contributed by atoms with E-state index in [1.54, 1.807) is 0 Å². The van der Waals surface area contributed by atoms with Crippen molar-refractivity contribution >= 4 is 0 Å². The van der Waals surface area contributed by atoms with Gasteiger partial charge in [0.25, 0.3) is 0 Å². The van der Waals surface area contributed by atoms with Gasteiger partial charge in [0.1, 0.15) is 0 Å². The van der Waals surface area contributed by atoms with Gasteiger partial charge in [0, 0.05) is 0 Å². The Morgan fingerprint density at radius 1 is 0.615 bits per heavy atom. The summed E-state index contributed by atoms with van der Waals surface area (Å²) >= 11 is 0. The third kappa shape index (κ3) is 2.48. The van der Waals surface area contributed by atoms with Gasteiger partial charge in [0.05, 0.1) is 0 Å². The van der Waals surface area contributed by atoms with Gasteiger partial charge in [-0.25, -0.2) is 0 Å². The average Bonchev–Trinajstić information content (AvgIpc) is 2.12. The van der Waals surface area contributed by atoms with Crippen molar-refractivity contribution in [3.63, 3.8) is 0 Å². The van der Waals surface area contributed by atoms with Crippen molar-refractivity contribution in [2.75, 3.05) is 0 Å². The average molecular weight is 182 g/mol. The van der Waals surface area contributed by atoms with Crippen molar-refractivity contribution in [2.45, 2.75) is 53.9 Å². The van der Waals surface area contributed by atoms with Gasteiger partial charge in [-0.2, -0.15) is 0 Å². The third-order valence-electron chi connectivity index (χ3n) is 4.77. The molecule has 0 aliphatic heterocycles. The maximum Gasteiger partial charge on any atom is -0.0386 e. The molecule has 13 heavy (non-hydrogen) atoms. The molecule has 4 unspecified atom stereocenters. The molecular weight excluding hydrogens is 156 g/mol. The van der Waals surface area contributed by atoms with Crippen LogP contribution in [-0.2, 0) is 0 Å². The van der Waals surface area contributed by atoms with Crippen LogP contribution in [0.4, 0.5) is 0 Å². The molecule has 0 aromatic carbocycles. The normalized spacial score (nSPS) is 48.2.